The van der Waals surface area contributed by atoms with E-state index in [-0.39, 0.29) is 12.3 Å². The lowest BCUT2D eigenvalue weighted by molar-refractivity contribution is -0.130. The summed E-state index contributed by atoms with van der Waals surface area (Å²) in [4.78, 5) is 14.5. The molecule has 1 amide bonds. The van der Waals surface area contributed by atoms with Crippen LogP contribution in [0.4, 0.5) is 0 Å². The normalized spacial score (nSPS) is 12.1. The number of amides is 1. The van der Waals surface area contributed by atoms with Crippen LogP contribution in [0.25, 0.3) is 0 Å². The first-order chi connectivity index (χ1) is 13.1. The minimum atomic E-state index is -0.0648. The van der Waals surface area contributed by atoms with E-state index in [0.29, 0.717) is 48.4 Å². The summed E-state index contributed by atoms with van der Waals surface area (Å²) in [6, 6.07) is 12.9. The number of hydrogen-bond acceptors (Lipinski definition) is 4. The molecule has 27 heavy (non-hydrogen) atoms. The third-order valence-corrected chi connectivity index (χ3v) is 4.42. The second-order valence-electron chi connectivity index (χ2n) is 6.15. The van der Waals surface area contributed by atoms with Crippen molar-refractivity contribution in [2.45, 2.75) is 13.0 Å². The maximum absolute atomic E-state index is 12.8. The summed E-state index contributed by atoms with van der Waals surface area (Å²) in [5.41, 5.74) is 2.22. The van der Waals surface area contributed by atoms with Crippen molar-refractivity contribution in [2.75, 3.05) is 19.8 Å². The number of nitriles is 1. The number of carbonyl (C=O) groups excluding carboxylic acids is 1. The van der Waals surface area contributed by atoms with E-state index in [1.54, 1.807) is 35.2 Å². The molecule has 0 saturated heterocycles. The molecule has 0 unspecified atom stereocenters. The number of carbonyl (C=O) groups is 1. The molecule has 3 rings (SSSR count). The van der Waals surface area contributed by atoms with Crippen molar-refractivity contribution in [3.63, 3.8) is 0 Å². The van der Waals surface area contributed by atoms with Gasteiger partial charge in [0.25, 0.3) is 0 Å². The van der Waals surface area contributed by atoms with Crippen LogP contribution in [-0.4, -0.2) is 30.6 Å². The smallest absolute Gasteiger partial charge is 0.227 e. The van der Waals surface area contributed by atoms with E-state index in [4.69, 9.17) is 26.3 Å². The molecule has 0 aliphatic carbocycles. The SMILES string of the molecule is C=CCN(Cc1cccc(C#N)c1)C(=O)Cc1cc(Cl)c2c(c1)OCCO2. The molecular weight excluding hydrogens is 364 g/mol. The molecule has 0 spiro atoms. The fraction of sp³-hybridized carbons (Fsp3) is 0.238. The Morgan fingerprint density at radius 2 is 2.07 bits per heavy atom. The highest BCUT2D eigenvalue weighted by atomic mass is 35.5. The molecule has 6 heteroatoms. The molecule has 0 saturated carbocycles. The number of nitrogens with zero attached hydrogens (tertiary/aromatic N) is 2. The molecule has 0 fully saturated rings. The quantitative estimate of drug-likeness (QED) is 0.714. The molecule has 2 aromatic rings. The Morgan fingerprint density at radius 3 is 2.85 bits per heavy atom. The number of hydrogen-bond donors (Lipinski definition) is 0. The van der Waals surface area contributed by atoms with Crippen LogP contribution in [-0.2, 0) is 17.8 Å². The summed E-state index contributed by atoms with van der Waals surface area (Å²) in [6.45, 7) is 5.46. The first kappa shape index (κ1) is 18.8. The number of ether oxygens (including phenoxy) is 2. The van der Waals surface area contributed by atoms with Crippen molar-refractivity contribution in [3.8, 4) is 17.6 Å². The Balaban J connectivity index is 1.76. The minimum absolute atomic E-state index is 0.0648. The Kier molecular flexibility index (Phi) is 6.00. The Hall–Kier alpha value is -2.97. The van der Waals surface area contributed by atoms with E-state index < -0.39 is 0 Å². The zero-order valence-corrected chi connectivity index (χ0v) is 15.5. The van der Waals surface area contributed by atoms with Gasteiger partial charge < -0.3 is 14.4 Å². The van der Waals surface area contributed by atoms with Gasteiger partial charge in [-0.2, -0.15) is 5.26 Å². The first-order valence-corrected chi connectivity index (χ1v) is 8.94. The molecule has 1 aliphatic heterocycles. The Labute approximate surface area is 163 Å². The highest BCUT2D eigenvalue weighted by Crippen LogP contribution is 2.38. The maximum Gasteiger partial charge on any atom is 0.227 e. The molecule has 138 valence electrons. The van der Waals surface area contributed by atoms with Gasteiger partial charge in [-0.3, -0.25) is 4.79 Å². The van der Waals surface area contributed by atoms with E-state index >= 15 is 0 Å². The van der Waals surface area contributed by atoms with E-state index in [1.807, 2.05) is 12.1 Å². The molecular formula is C21H19ClN2O3. The van der Waals surface area contributed by atoms with Gasteiger partial charge in [0.05, 0.1) is 23.1 Å². The fourth-order valence-corrected chi connectivity index (χ4v) is 3.21. The second kappa shape index (κ2) is 8.61. The monoisotopic (exact) mass is 382 g/mol. The van der Waals surface area contributed by atoms with E-state index in [2.05, 4.69) is 12.6 Å². The lowest BCUT2D eigenvalue weighted by Gasteiger charge is -2.23. The number of rotatable bonds is 6. The van der Waals surface area contributed by atoms with Crippen LogP contribution in [0, 0.1) is 11.3 Å². The highest BCUT2D eigenvalue weighted by molar-refractivity contribution is 6.32. The van der Waals surface area contributed by atoms with Crippen LogP contribution in [0.3, 0.4) is 0 Å². The largest absolute Gasteiger partial charge is 0.486 e. The van der Waals surface area contributed by atoms with Crippen LogP contribution in [0.1, 0.15) is 16.7 Å². The van der Waals surface area contributed by atoms with Gasteiger partial charge in [-0.15, -0.1) is 6.58 Å². The predicted octanol–water partition coefficient (Wildman–Crippen LogP) is 3.74. The Bertz CT molecular complexity index is 905. The molecule has 2 aromatic carbocycles. The number of halogens is 1. The molecule has 0 bridgehead atoms. The summed E-state index contributed by atoms with van der Waals surface area (Å²) in [7, 11) is 0. The molecule has 0 aromatic heterocycles. The van der Waals surface area contributed by atoms with Crippen molar-refractivity contribution in [2.24, 2.45) is 0 Å². The standard InChI is InChI=1S/C21H19ClN2O3/c1-2-6-24(14-16-5-3-4-15(9-16)13-23)20(25)12-17-10-18(22)21-19(11-17)26-7-8-27-21/h2-5,9-11H,1,6-8,12,14H2. The molecule has 0 radical (unpaired) electrons. The van der Waals surface area contributed by atoms with Gasteiger partial charge in [0, 0.05) is 13.1 Å². The first-order valence-electron chi connectivity index (χ1n) is 8.56. The summed E-state index contributed by atoms with van der Waals surface area (Å²) in [5, 5.41) is 9.48. The summed E-state index contributed by atoms with van der Waals surface area (Å²) in [5.74, 6) is 1.02. The van der Waals surface area contributed by atoms with Crippen LogP contribution >= 0.6 is 11.6 Å². The maximum atomic E-state index is 12.8. The molecule has 0 N–H and O–H groups in total. The third-order valence-electron chi connectivity index (χ3n) is 4.14. The van der Waals surface area contributed by atoms with Gasteiger partial charge in [0.2, 0.25) is 5.91 Å². The van der Waals surface area contributed by atoms with Gasteiger partial charge in [-0.25, -0.2) is 0 Å². The van der Waals surface area contributed by atoms with Crippen LogP contribution in [0.5, 0.6) is 11.5 Å². The zero-order chi connectivity index (χ0) is 19.2. The van der Waals surface area contributed by atoms with E-state index in [1.165, 1.54) is 0 Å². The minimum Gasteiger partial charge on any atom is -0.486 e. The molecule has 5 nitrogen and oxygen atoms in total. The average Bonchev–Trinajstić information content (AvgIpc) is 2.68. The summed E-state index contributed by atoms with van der Waals surface area (Å²) < 4.78 is 11.1. The lowest BCUT2D eigenvalue weighted by Crippen LogP contribution is -2.32. The van der Waals surface area contributed by atoms with Crippen LogP contribution < -0.4 is 9.47 Å². The zero-order valence-electron chi connectivity index (χ0n) is 14.8. The molecule has 0 atom stereocenters. The summed E-state index contributed by atoms with van der Waals surface area (Å²) in [6.07, 6.45) is 1.87. The highest BCUT2D eigenvalue weighted by Gasteiger charge is 2.19. The van der Waals surface area contributed by atoms with E-state index in [0.717, 1.165) is 11.1 Å². The van der Waals surface area contributed by atoms with Gasteiger partial charge in [-0.05, 0) is 35.4 Å². The summed E-state index contributed by atoms with van der Waals surface area (Å²) >= 11 is 6.26. The average molecular weight is 383 g/mol. The van der Waals surface area contributed by atoms with Crippen molar-refractivity contribution < 1.29 is 14.3 Å². The van der Waals surface area contributed by atoms with Gasteiger partial charge in [-0.1, -0.05) is 29.8 Å². The van der Waals surface area contributed by atoms with Crippen LogP contribution in [0.2, 0.25) is 5.02 Å². The van der Waals surface area contributed by atoms with Gasteiger partial charge in [0.15, 0.2) is 11.5 Å². The molecule has 1 heterocycles. The Morgan fingerprint density at radius 1 is 1.26 bits per heavy atom. The van der Waals surface area contributed by atoms with Gasteiger partial charge >= 0.3 is 0 Å². The lowest BCUT2D eigenvalue weighted by atomic mass is 10.1. The van der Waals surface area contributed by atoms with Crippen molar-refractivity contribution in [1.82, 2.24) is 4.90 Å². The van der Waals surface area contributed by atoms with Crippen molar-refractivity contribution in [1.29, 1.82) is 5.26 Å². The van der Waals surface area contributed by atoms with Crippen molar-refractivity contribution >= 4 is 17.5 Å². The topological polar surface area (TPSA) is 62.6 Å². The number of fused-ring (bicyclic) bond motifs is 1. The third kappa shape index (κ3) is 4.60. The van der Waals surface area contributed by atoms with Gasteiger partial charge in [0.1, 0.15) is 13.2 Å². The van der Waals surface area contributed by atoms with E-state index in [9.17, 15) is 4.79 Å². The predicted molar refractivity (Wildman–Crippen MR) is 103 cm³/mol. The fourth-order valence-electron chi connectivity index (χ4n) is 2.92. The molecule has 1 aliphatic rings. The number of benzene rings is 2. The van der Waals surface area contributed by atoms with Crippen LogP contribution in [0.15, 0.2) is 49.1 Å². The second-order valence-corrected chi connectivity index (χ2v) is 6.56. The van der Waals surface area contributed by atoms with Crippen molar-refractivity contribution in [3.05, 3.63) is 70.8 Å².